The summed E-state index contributed by atoms with van der Waals surface area (Å²) in [7, 11) is 0. The molecule has 1 aliphatic heterocycles. The van der Waals surface area contributed by atoms with Crippen LogP contribution < -0.4 is 5.32 Å². The standard InChI is InChI=1S/C32H32FN3O3/c1-2-27(22-12-5-3-6-13-22)34-31(37)28-24-16-9-17-26(33)30(24)35-29(23-14-7-4-8-15-23)25(28)19-21-11-10-18-36(20-21)32(38)39/h3-9,12-17,21,27H,2,10-11,18-20H2,1H3,(H,34,37)(H,38,39)/t21?,27-/m0/s1. The Kier molecular flexibility index (Phi) is 7.87. The molecular formula is C32H32FN3O3. The molecule has 0 saturated carbocycles. The number of benzene rings is 3. The van der Waals surface area contributed by atoms with Crippen molar-refractivity contribution in [3.05, 3.63) is 101 Å². The van der Waals surface area contributed by atoms with Crippen LogP contribution in [0.15, 0.2) is 78.9 Å². The Morgan fingerprint density at radius 2 is 1.77 bits per heavy atom. The van der Waals surface area contributed by atoms with Gasteiger partial charge in [-0.2, -0.15) is 0 Å². The van der Waals surface area contributed by atoms with Crippen LogP contribution in [0.1, 0.15) is 53.7 Å². The number of rotatable bonds is 7. The number of nitrogens with one attached hydrogen (secondary N) is 1. The number of fused-ring (bicyclic) bond motifs is 1. The van der Waals surface area contributed by atoms with Crippen molar-refractivity contribution >= 4 is 22.9 Å². The number of carbonyl (C=O) groups is 2. The molecule has 1 saturated heterocycles. The number of piperidine rings is 1. The van der Waals surface area contributed by atoms with Crippen molar-refractivity contribution in [2.45, 2.75) is 38.6 Å². The quantitative estimate of drug-likeness (QED) is 0.276. The second-order valence-electron chi connectivity index (χ2n) is 10.1. The van der Waals surface area contributed by atoms with Gasteiger partial charge in [-0.15, -0.1) is 0 Å². The van der Waals surface area contributed by atoms with Crippen LogP contribution in [-0.4, -0.2) is 40.1 Å². The zero-order valence-corrected chi connectivity index (χ0v) is 21.9. The molecule has 2 atom stereocenters. The first-order valence-corrected chi connectivity index (χ1v) is 13.5. The van der Waals surface area contributed by atoms with Crippen LogP contribution in [-0.2, 0) is 6.42 Å². The summed E-state index contributed by atoms with van der Waals surface area (Å²) in [6.07, 6.45) is 1.79. The van der Waals surface area contributed by atoms with E-state index in [-0.39, 0.29) is 23.4 Å². The lowest BCUT2D eigenvalue weighted by atomic mass is 9.85. The van der Waals surface area contributed by atoms with Crippen molar-refractivity contribution in [1.29, 1.82) is 0 Å². The maximum absolute atomic E-state index is 15.2. The van der Waals surface area contributed by atoms with Gasteiger partial charge in [-0.05, 0) is 48.8 Å². The van der Waals surface area contributed by atoms with Crippen LogP contribution in [0.5, 0.6) is 0 Å². The van der Waals surface area contributed by atoms with E-state index in [1.807, 2.05) is 67.6 Å². The predicted molar refractivity (Wildman–Crippen MR) is 150 cm³/mol. The number of pyridine rings is 1. The fraction of sp³-hybridized carbons (Fsp3) is 0.281. The van der Waals surface area contributed by atoms with Gasteiger partial charge in [-0.1, -0.05) is 79.7 Å². The van der Waals surface area contributed by atoms with E-state index < -0.39 is 11.9 Å². The second-order valence-corrected chi connectivity index (χ2v) is 10.1. The highest BCUT2D eigenvalue weighted by Gasteiger charge is 2.29. The van der Waals surface area contributed by atoms with Crippen molar-refractivity contribution in [1.82, 2.24) is 15.2 Å². The number of amides is 2. The van der Waals surface area contributed by atoms with E-state index in [4.69, 9.17) is 4.98 Å². The Labute approximate surface area is 227 Å². The van der Waals surface area contributed by atoms with E-state index in [2.05, 4.69) is 5.32 Å². The average molecular weight is 526 g/mol. The Morgan fingerprint density at radius 1 is 1.05 bits per heavy atom. The molecule has 2 heterocycles. The van der Waals surface area contributed by atoms with E-state index >= 15 is 4.39 Å². The molecule has 7 heteroatoms. The van der Waals surface area contributed by atoms with E-state index in [1.165, 1.54) is 11.0 Å². The second kappa shape index (κ2) is 11.6. The molecule has 0 spiro atoms. The molecule has 2 amide bonds. The SMILES string of the molecule is CC[C@H](NC(=O)c1c(CC2CCCN(C(=O)O)C2)c(-c2ccccc2)nc2c(F)cccc12)c1ccccc1. The number of nitrogens with zero attached hydrogens (tertiary/aromatic N) is 2. The number of para-hydroxylation sites is 1. The lowest BCUT2D eigenvalue weighted by Gasteiger charge is -2.31. The third-order valence-electron chi connectivity index (χ3n) is 7.54. The first-order chi connectivity index (χ1) is 19.0. The number of halogens is 1. The molecule has 0 bridgehead atoms. The summed E-state index contributed by atoms with van der Waals surface area (Å²) in [5.41, 5.74) is 3.60. The van der Waals surface area contributed by atoms with Gasteiger partial charge < -0.3 is 15.3 Å². The van der Waals surface area contributed by atoms with Gasteiger partial charge in [-0.25, -0.2) is 14.2 Å². The number of likely N-dealkylation sites (tertiary alicyclic amines) is 1. The maximum atomic E-state index is 15.2. The van der Waals surface area contributed by atoms with Crippen molar-refractivity contribution in [3.8, 4) is 11.3 Å². The minimum atomic E-state index is -0.937. The summed E-state index contributed by atoms with van der Waals surface area (Å²) in [4.78, 5) is 32.1. The van der Waals surface area contributed by atoms with Crippen molar-refractivity contribution in [2.75, 3.05) is 13.1 Å². The zero-order chi connectivity index (χ0) is 27.4. The van der Waals surface area contributed by atoms with Gasteiger partial charge in [0.25, 0.3) is 5.91 Å². The molecule has 5 rings (SSSR count). The number of hydrogen-bond acceptors (Lipinski definition) is 3. The third kappa shape index (κ3) is 5.62. The van der Waals surface area contributed by atoms with Gasteiger partial charge in [-0.3, -0.25) is 4.79 Å². The summed E-state index contributed by atoms with van der Waals surface area (Å²) in [5.74, 6) is -0.773. The highest BCUT2D eigenvalue weighted by molar-refractivity contribution is 6.09. The van der Waals surface area contributed by atoms with Gasteiger partial charge in [0.15, 0.2) is 0 Å². The summed E-state index contributed by atoms with van der Waals surface area (Å²) >= 11 is 0. The fourth-order valence-electron chi connectivity index (χ4n) is 5.61. The minimum Gasteiger partial charge on any atom is -0.465 e. The Balaban J connectivity index is 1.67. The van der Waals surface area contributed by atoms with Gasteiger partial charge in [0.05, 0.1) is 17.3 Å². The predicted octanol–water partition coefficient (Wildman–Crippen LogP) is 6.85. The fourth-order valence-corrected chi connectivity index (χ4v) is 5.61. The summed E-state index contributed by atoms with van der Waals surface area (Å²) in [5, 5.41) is 13.3. The normalized spacial score (nSPS) is 16.2. The van der Waals surface area contributed by atoms with Crippen molar-refractivity contribution in [2.24, 2.45) is 5.92 Å². The average Bonchev–Trinajstić information content (AvgIpc) is 2.96. The summed E-state index contributed by atoms with van der Waals surface area (Å²) in [6.45, 7) is 2.90. The molecule has 200 valence electrons. The van der Waals surface area contributed by atoms with Crippen molar-refractivity contribution < 1.29 is 19.1 Å². The monoisotopic (exact) mass is 525 g/mol. The van der Waals surface area contributed by atoms with Crippen LogP contribution in [0.3, 0.4) is 0 Å². The van der Waals surface area contributed by atoms with Crippen LogP contribution >= 0.6 is 0 Å². The molecule has 39 heavy (non-hydrogen) atoms. The highest BCUT2D eigenvalue weighted by atomic mass is 19.1. The van der Waals surface area contributed by atoms with Gasteiger partial charge in [0.1, 0.15) is 11.3 Å². The van der Waals surface area contributed by atoms with E-state index in [0.29, 0.717) is 42.6 Å². The van der Waals surface area contributed by atoms with Gasteiger partial charge in [0.2, 0.25) is 0 Å². The van der Waals surface area contributed by atoms with E-state index in [1.54, 1.807) is 12.1 Å². The van der Waals surface area contributed by atoms with Crippen LogP contribution in [0, 0.1) is 11.7 Å². The third-order valence-corrected chi connectivity index (χ3v) is 7.54. The van der Waals surface area contributed by atoms with E-state index in [9.17, 15) is 14.7 Å². The van der Waals surface area contributed by atoms with E-state index in [0.717, 1.165) is 29.5 Å². The number of carbonyl (C=O) groups excluding carboxylic acids is 1. The Hall–Kier alpha value is -4.26. The first-order valence-electron chi connectivity index (χ1n) is 13.5. The zero-order valence-electron chi connectivity index (χ0n) is 21.9. The lowest BCUT2D eigenvalue weighted by molar-refractivity contribution is 0.0934. The molecule has 1 aliphatic rings. The number of carboxylic acid groups (broad SMARTS) is 1. The topological polar surface area (TPSA) is 82.5 Å². The number of hydrogen-bond donors (Lipinski definition) is 2. The molecular weight excluding hydrogens is 493 g/mol. The van der Waals surface area contributed by atoms with Gasteiger partial charge in [0, 0.05) is 24.0 Å². The molecule has 1 aromatic heterocycles. The van der Waals surface area contributed by atoms with Crippen LogP contribution in [0.2, 0.25) is 0 Å². The maximum Gasteiger partial charge on any atom is 0.407 e. The summed E-state index contributed by atoms with van der Waals surface area (Å²) in [6, 6.07) is 23.8. The molecule has 3 aromatic carbocycles. The first kappa shape index (κ1) is 26.4. The molecule has 1 unspecified atom stereocenters. The summed E-state index contributed by atoms with van der Waals surface area (Å²) < 4.78 is 15.2. The molecule has 4 aromatic rings. The molecule has 2 N–H and O–H groups in total. The Bertz CT molecular complexity index is 1480. The minimum absolute atomic E-state index is 0.00719. The number of aromatic nitrogens is 1. The van der Waals surface area contributed by atoms with Crippen LogP contribution in [0.25, 0.3) is 22.2 Å². The Morgan fingerprint density at radius 3 is 2.46 bits per heavy atom. The lowest BCUT2D eigenvalue weighted by Crippen LogP contribution is -2.40. The van der Waals surface area contributed by atoms with Crippen LogP contribution in [0.4, 0.5) is 9.18 Å². The molecule has 6 nitrogen and oxygen atoms in total. The smallest absolute Gasteiger partial charge is 0.407 e. The molecule has 1 fully saturated rings. The largest absolute Gasteiger partial charge is 0.465 e. The highest BCUT2D eigenvalue weighted by Crippen LogP contribution is 2.35. The van der Waals surface area contributed by atoms with Crippen molar-refractivity contribution in [3.63, 3.8) is 0 Å². The molecule has 0 aliphatic carbocycles. The van der Waals surface area contributed by atoms with Gasteiger partial charge >= 0.3 is 6.09 Å². The molecule has 0 radical (unpaired) electrons.